The third kappa shape index (κ3) is 3.53. The van der Waals surface area contributed by atoms with Crippen molar-refractivity contribution in [2.24, 2.45) is 0 Å². The average Bonchev–Trinajstić information content (AvgIpc) is 2.46. The Balaban J connectivity index is 2.30. The van der Waals surface area contributed by atoms with E-state index in [2.05, 4.69) is 6.92 Å². The van der Waals surface area contributed by atoms with Crippen LogP contribution in [0.15, 0.2) is 42.5 Å². The molecule has 2 rings (SSSR count). The molecule has 0 bridgehead atoms. The molecule has 2 heteroatoms. The zero-order chi connectivity index (χ0) is 13.7. The number of hydrogen-bond acceptors (Lipinski definition) is 2. The molecule has 1 radical (unpaired) electrons. The van der Waals surface area contributed by atoms with Crippen molar-refractivity contribution in [1.82, 2.24) is 0 Å². The Bertz CT molecular complexity index is 563. The van der Waals surface area contributed by atoms with Crippen LogP contribution in [-0.4, -0.2) is 10.2 Å². The van der Waals surface area contributed by atoms with E-state index < -0.39 is 0 Å². The van der Waals surface area contributed by atoms with Crippen LogP contribution in [0, 0.1) is 6.92 Å². The molecule has 0 aliphatic carbocycles. The van der Waals surface area contributed by atoms with Crippen LogP contribution in [-0.2, 0) is 13.2 Å². The van der Waals surface area contributed by atoms with E-state index >= 15 is 0 Å². The molecular formula is C17H17O2. The van der Waals surface area contributed by atoms with Crippen LogP contribution < -0.4 is 0 Å². The molecule has 0 aromatic heterocycles. The second-order valence-corrected chi connectivity index (χ2v) is 4.43. The lowest BCUT2D eigenvalue weighted by atomic mass is 10.0. The summed E-state index contributed by atoms with van der Waals surface area (Å²) in [4.78, 5) is 0. The van der Waals surface area contributed by atoms with Gasteiger partial charge in [0.2, 0.25) is 0 Å². The Hall–Kier alpha value is -1.90. The maximum Gasteiger partial charge on any atom is 0.0682 e. The summed E-state index contributed by atoms with van der Waals surface area (Å²) in [6.45, 7) is 3.91. The van der Waals surface area contributed by atoms with Crippen molar-refractivity contribution < 1.29 is 10.2 Å². The fourth-order valence-corrected chi connectivity index (χ4v) is 1.95. The Labute approximate surface area is 113 Å². The minimum absolute atomic E-state index is 0.0272. The molecule has 2 aromatic carbocycles. The quantitative estimate of drug-likeness (QED) is 0.822. The Kier molecular flexibility index (Phi) is 4.50. The van der Waals surface area contributed by atoms with Crippen molar-refractivity contribution >= 4 is 12.2 Å². The first-order valence-electron chi connectivity index (χ1n) is 6.16. The molecular weight excluding hydrogens is 236 g/mol. The molecule has 2 nitrogen and oxygen atoms in total. The monoisotopic (exact) mass is 253 g/mol. The van der Waals surface area contributed by atoms with Gasteiger partial charge in [0.15, 0.2) is 0 Å². The van der Waals surface area contributed by atoms with Gasteiger partial charge in [-0.15, -0.1) is 0 Å². The highest BCUT2D eigenvalue weighted by molar-refractivity contribution is 5.72. The van der Waals surface area contributed by atoms with E-state index in [9.17, 15) is 10.2 Å². The van der Waals surface area contributed by atoms with Crippen molar-refractivity contribution in [3.63, 3.8) is 0 Å². The molecule has 0 fully saturated rings. The van der Waals surface area contributed by atoms with E-state index in [1.165, 1.54) is 0 Å². The van der Waals surface area contributed by atoms with Gasteiger partial charge in [-0.1, -0.05) is 42.5 Å². The summed E-state index contributed by atoms with van der Waals surface area (Å²) in [5.74, 6) is 0. The minimum Gasteiger partial charge on any atom is -0.392 e. The number of hydrogen-bond donors (Lipinski definition) is 2. The van der Waals surface area contributed by atoms with Crippen LogP contribution in [0.3, 0.4) is 0 Å². The van der Waals surface area contributed by atoms with Crippen LogP contribution >= 0.6 is 0 Å². The van der Waals surface area contributed by atoms with E-state index in [0.717, 1.165) is 27.8 Å². The van der Waals surface area contributed by atoms with E-state index in [0.29, 0.717) is 0 Å². The van der Waals surface area contributed by atoms with Crippen molar-refractivity contribution in [2.75, 3.05) is 0 Å². The Morgan fingerprint density at radius 1 is 0.895 bits per heavy atom. The SMILES string of the molecule is [CH2]c1ccccc1C=Cc1cc(CO)cc(CO)c1. The minimum atomic E-state index is -0.0272. The van der Waals surface area contributed by atoms with Crippen molar-refractivity contribution in [3.8, 4) is 0 Å². The van der Waals surface area contributed by atoms with Gasteiger partial charge >= 0.3 is 0 Å². The molecule has 0 aliphatic heterocycles. The van der Waals surface area contributed by atoms with Gasteiger partial charge in [-0.3, -0.25) is 0 Å². The maximum atomic E-state index is 9.20. The van der Waals surface area contributed by atoms with Crippen LogP contribution in [0.2, 0.25) is 0 Å². The van der Waals surface area contributed by atoms with Crippen LogP contribution in [0.5, 0.6) is 0 Å². The van der Waals surface area contributed by atoms with Gasteiger partial charge in [0, 0.05) is 0 Å². The van der Waals surface area contributed by atoms with E-state index in [1.54, 1.807) is 6.07 Å². The van der Waals surface area contributed by atoms with Gasteiger partial charge in [-0.2, -0.15) is 0 Å². The molecule has 0 heterocycles. The van der Waals surface area contributed by atoms with E-state index in [1.807, 2.05) is 48.6 Å². The van der Waals surface area contributed by atoms with E-state index in [-0.39, 0.29) is 13.2 Å². The lowest BCUT2D eigenvalue weighted by Gasteiger charge is -2.04. The predicted molar refractivity (Wildman–Crippen MR) is 78.1 cm³/mol. The first kappa shape index (κ1) is 13.5. The molecule has 0 spiro atoms. The summed E-state index contributed by atoms with van der Waals surface area (Å²) in [5, 5.41) is 18.4. The number of aliphatic hydroxyl groups excluding tert-OH is 2. The lowest BCUT2D eigenvalue weighted by molar-refractivity contribution is 0.275. The van der Waals surface area contributed by atoms with Gasteiger partial charge in [-0.25, -0.2) is 0 Å². The molecule has 0 aliphatic rings. The average molecular weight is 253 g/mol. The summed E-state index contributed by atoms with van der Waals surface area (Å²) < 4.78 is 0. The van der Waals surface area contributed by atoms with Gasteiger partial charge < -0.3 is 10.2 Å². The predicted octanol–water partition coefficient (Wildman–Crippen LogP) is 3.02. The molecule has 2 N–H and O–H groups in total. The van der Waals surface area contributed by atoms with Gasteiger partial charge in [-0.05, 0) is 46.9 Å². The molecule has 19 heavy (non-hydrogen) atoms. The summed E-state index contributed by atoms with van der Waals surface area (Å²) in [6.07, 6.45) is 3.95. The van der Waals surface area contributed by atoms with Crippen LogP contribution in [0.1, 0.15) is 27.8 Å². The molecule has 0 amide bonds. The number of aliphatic hydroxyl groups is 2. The molecule has 0 atom stereocenters. The standard InChI is InChI=1S/C17H17O2/c1-13-4-2-3-5-17(13)7-6-14-8-15(11-18)10-16(9-14)12-19/h2-10,18-19H,1,11-12H2. The lowest BCUT2D eigenvalue weighted by Crippen LogP contribution is -1.90. The molecule has 2 aromatic rings. The molecule has 0 saturated heterocycles. The second-order valence-electron chi connectivity index (χ2n) is 4.43. The third-order valence-corrected chi connectivity index (χ3v) is 2.95. The molecule has 0 saturated carbocycles. The zero-order valence-corrected chi connectivity index (χ0v) is 10.7. The fourth-order valence-electron chi connectivity index (χ4n) is 1.95. The summed E-state index contributed by atoms with van der Waals surface area (Å²) in [5.41, 5.74) is 4.59. The smallest absolute Gasteiger partial charge is 0.0682 e. The Morgan fingerprint density at radius 2 is 1.53 bits per heavy atom. The third-order valence-electron chi connectivity index (χ3n) is 2.95. The first-order chi connectivity index (χ1) is 9.22. The number of rotatable bonds is 4. The highest BCUT2D eigenvalue weighted by Crippen LogP contribution is 2.15. The maximum absolute atomic E-state index is 9.20. The van der Waals surface area contributed by atoms with Crippen molar-refractivity contribution in [1.29, 1.82) is 0 Å². The normalized spacial score (nSPS) is 11.1. The van der Waals surface area contributed by atoms with Gasteiger partial charge in [0.25, 0.3) is 0 Å². The zero-order valence-electron chi connectivity index (χ0n) is 10.7. The van der Waals surface area contributed by atoms with Crippen LogP contribution in [0.4, 0.5) is 0 Å². The topological polar surface area (TPSA) is 40.5 Å². The number of benzene rings is 2. The summed E-state index contributed by atoms with van der Waals surface area (Å²) in [7, 11) is 0. The summed E-state index contributed by atoms with van der Waals surface area (Å²) >= 11 is 0. The summed E-state index contributed by atoms with van der Waals surface area (Å²) in [6, 6.07) is 13.5. The Morgan fingerprint density at radius 3 is 2.11 bits per heavy atom. The largest absolute Gasteiger partial charge is 0.392 e. The molecule has 0 unspecified atom stereocenters. The van der Waals surface area contributed by atoms with Crippen LogP contribution in [0.25, 0.3) is 12.2 Å². The highest BCUT2D eigenvalue weighted by atomic mass is 16.3. The fraction of sp³-hybridized carbons (Fsp3) is 0.118. The van der Waals surface area contributed by atoms with E-state index in [4.69, 9.17) is 0 Å². The second kappa shape index (κ2) is 6.32. The molecule has 97 valence electrons. The van der Waals surface area contributed by atoms with Crippen molar-refractivity contribution in [2.45, 2.75) is 13.2 Å². The van der Waals surface area contributed by atoms with Crippen molar-refractivity contribution in [3.05, 3.63) is 77.2 Å². The highest BCUT2D eigenvalue weighted by Gasteiger charge is 1.98. The first-order valence-corrected chi connectivity index (χ1v) is 6.16. The van der Waals surface area contributed by atoms with Gasteiger partial charge in [0.1, 0.15) is 0 Å². The van der Waals surface area contributed by atoms with Gasteiger partial charge in [0.05, 0.1) is 13.2 Å².